The third-order valence-corrected chi connectivity index (χ3v) is 3.46. The quantitative estimate of drug-likeness (QED) is 0.723. The summed E-state index contributed by atoms with van der Waals surface area (Å²) < 4.78 is 0. The van der Waals surface area contributed by atoms with Crippen molar-refractivity contribution in [1.82, 2.24) is 15.0 Å². The minimum absolute atomic E-state index is 0.946. The average molecular weight is 263 g/mol. The molecule has 0 amide bonds. The Bertz CT molecular complexity index is 708. The molecule has 0 fully saturated rings. The molecule has 3 nitrogen and oxygen atoms in total. The maximum Gasteiger partial charge on any atom is 0.0707 e. The number of aryl methyl sites for hydroxylation is 3. The van der Waals surface area contributed by atoms with Crippen molar-refractivity contribution in [3.05, 3.63) is 65.9 Å². The lowest BCUT2D eigenvalue weighted by atomic mass is 10.1. The van der Waals surface area contributed by atoms with Crippen LogP contribution in [0.5, 0.6) is 0 Å². The van der Waals surface area contributed by atoms with Crippen molar-refractivity contribution in [3.8, 4) is 0 Å². The summed E-state index contributed by atoms with van der Waals surface area (Å²) in [4.78, 5) is 13.1. The van der Waals surface area contributed by atoms with Gasteiger partial charge in [-0.15, -0.1) is 0 Å². The number of aromatic nitrogens is 3. The fourth-order valence-corrected chi connectivity index (χ4v) is 2.46. The van der Waals surface area contributed by atoms with Crippen LogP contribution in [-0.4, -0.2) is 15.0 Å². The van der Waals surface area contributed by atoms with Crippen molar-refractivity contribution in [2.24, 2.45) is 0 Å². The number of hydrogen-bond acceptors (Lipinski definition) is 3. The first-order chi connectivity index (χ1) is 9.83. The van der Waals surface area contributed by atoms with Gasteiger partial charge in [0.25, 0.3) is 0 Å². The monoisotopic (exact) mass is 263 g/mol. The number of nitrogens with zero attached hydrogens (tertiary/aromatic N) is 3. The van der Waals surface area contributed by atoms with Crippen molar-refractivity contribution in [3.63, 3.8) is 0 Å². The van der Waals surface area contributed by atoms with Crippen LogP contribution in [0.15, 0.2) is 48.9 Å². The van der Waals surface area contributed by atoms with Crippen LogP contribution >= 0.6 is 0 Å². The van der Waals surface area contributed by atoms with Crippen LogP contribution < -0.4 is 0 Å². The Morgan fingerprint density at radius 1 is 1.00 bits per heavy atom. The summed E-state index contributed by atoms with van der Waals surface area (Å²) in [6.07, 6.45) is 8.25. The summed E-state index contributed by atoms with van der Waals surface area (Å²) in [5.41, 5.74) is 4.59. The molecule has 3 rings (SSSR count). The first-order valence-corrected chi connectivity index (χ1v) is 6.93. The van der Waals surface area contributed by atoms with Gasteiger partial charge in [0.15, 0.2) is 0 Å². The third-order valence-electron chi connectivity index (χ3n) is 3.46. The molecule has 2 heterocycles. The molecule has 0 aliphatic rings. The molecule has 0 spiro atoms. The van der Waals surface area contributed by atoms with E-state index in [0.29, 0.717) is 0 Å². The van der Waals surface area contributed by atoms with Gasteiger partial charge in [-0.25, -0.2) is 0 Å². The molecule has 1 aromatic carbocycles. The Morgan fingerprint density at radius 2 is 1.85 bits per heavy atom. The molecular weight excluding hydrogens is 246 g/mol. The van der Waals surface area contributed by atoms with Crippen molar-refractivity contribution in [1.29, 1.82) is 0 Å². The van der Waals surface area contributed by atoms with Gasteiger partial charge in [0.1, 0.15) is 0 Å². The highest BCUT2D eigenvalue weighted by Gasteiger charge is 2.03. The number of hydrogen-bond donors (Lipinski definition) is 0. The van der Waals surface area contributed by atoms with Crippen LogP contribution in [0, 0.1) is 6.92 Å². The van der Waals surface area contributed by atoms with Gasteiger partial charge in [0.2, 0.25) is 0 Å². The summed E-state index contributed by atoms with van der Waals surface area (Å²) >= 11 is 0. The minimum Gasteiger partial charge on any atom is -0.261 e. The smallest absolute Gasteiger partial charge is 0.0707 e. The SMILES string of the molecule is Cc1cc(CCCc2cnccn2)nc2ccccc12. The molecule has 0 unspecified atom stereocenters. The highest BCUT2D eigenvalue weighted by Crippen LogP contribution is 2.18. The number of rotatable bonds is 4. The van der Waals surface area contributed by atoms with Gasteiger partial charge in [-0.3, -0.25) is 15.0 Å². The topological polar surface area (TPSA) is 38.7 Å². The van der Waals surface area contributed by atoms with E-state index in [1.165, 1.54) is 10.9 Å². The van der Waals surface area contributed by atoms with Gasteiger partial charge in [-0.1, -0.05) is 18.2 Å². The second-order valence-corrected chi connectivity index (χ2v) is 5.00. The third kappa shape index (κ3) is 2.82. The predicted molar refractivity (Wildman–Crippen MR) is 80.5 cm³/mol. The molecule has 2 aromatic heterocycles. The molecule has 0 aliphatic heterocycles. The van der Waals surface area contributed by atoms with E-state index in [1.54, 1.807) is 12.4 Å². The zero-order valence-corrected chi connectivity index (χ0v) is 11.6. The van der Waals surface area contributed by atoms with Crippen molar-refractivity contribution in [2.45, 2.75) is 26.2 Å². The summed E-state index contributed by atoms with van der Waals surface area (Å²) in [6, 6.07) is 10.5. The molecular formula is C17H17N3. The maximum absolute atomic E-state index is 4.73. The molecule has 3 aromatic rings. The van der Waals surface area contributed by atoms with E-state index in [1.807, 2.05) is 12.3 Å². The van der Waals surface area contributed by atoms with Crippen LogP contribution in [-0.2, 0) is 12.8 Å². The van der Waals surface area contributed by atoms with Crippen molar-refractivity contribution in [2.75, 3.05) is 0 Å². The molecule has 0 aliphatic carbocycles. The number of para-hydroxylation sites is 1. The molecule has 3 heteroatoms. The molecule has 0 bridgehead atoms. The van der Waals surface area contributed by atoms with Gasteiger partial charge >= 0.3 is 0 Å². The maximum atomic E-state index is 4.73. The van der Waals surface area contributed by atoms with E-state index < -0.39 is 0 Å². The van der Waals surface area contributed by atoms with E-state index in [0.717, 1.165) is 36.2 Å². The predicted octanol–water partition coefficient (Wildman–Crippen LogP) is 3.51. The summed E-state index contributed by atoms with van der Waals surface area (Å²) in [5.74, 6) is 0. The molecule has 0 saturated carbocycles. The van der Waals surface area contributed by atoms with Gasteiger partial charge in [-0.2, -0.15) is 0 Å². The van der Waals surface area contributed by atoms with Crippen LogP contribution in [0.1, 0.15) is 23.4 Å². The van der Waals surface area contributed by atoms with E-state index >= 15 is 0 Å². The van der Waals surface area contributed by atoms with Gasteiger partial charge in [-0.05, 0) is 43.9 Å². The van der Waals surface area contributed by atoms with Crippen LogP contribution in [0.25, 0.3) is 10.9 Å². The lowest BCUT2D eigenvalue weighted by Crippen LogP contribution is -1.97. The highest BCUT2D eigenvalue weighted by atomic mass is 14.8. The Kier molecular flexibility index (Phi) is 3.68. The molecule has 0 N–H and O–H groups in total. The fraction of sp³-hybridized carbons (Fsp3) is 0.235. The van der Waals surface area contributed by atoms with Gasteiger partial charge in [0, 0.05) is 29.7 Å². The Morgan fingerprint density at radius 3 is 2.70 bits per heavy atom. The molecule has 20 heavy (non-hydrogen) atoms. The van der Waals surface area contributed by atoms with Gasteiger partial charge < -0.3 is 0 Å². The van der Waals surface area contributed by atoms with Crippen molar-refractivity contribution >= 4 is 10.9 Å². The number of fused-ring (bicyclic) bond motifs is 1. The molecule has 100 valence electrons. The standard InChI is InChI=1S/C17H17N3/c1-13-11-14(20-17-8-3-2-7-16(13)17)5-4-6-15-12-18-9-10-19-15/h2-3,7-12H,4-6H2,1H3. The lowest BCUT2D eigenvalue weighted by Gasteiger charge is -2.06. The number of pyridine rings is 1. The van der Waals surface area contributed by atoms with E-state index in [9.17, 15) is 0 Å². The Balaban J connectivity index is 1.72. The zero-order chi connectivity index (χ0) is 13.8. The average Bonchev–Trinajstić information content (AvgIpc) is 2.48. The zero-order valence-electron chi connectivity index (χ0n) is 11.6. The van der Waals surface area contributed by atoms with E-state index in [-0.39, 0.29) is 0 Å². The molecule has 0 atom stereocenters. The Labute approximate surface area is 118 Å². The van der Waals surface area contributed by atoms with Crippen LogP contribution in [0.2, 0.25) is 0 Å². The van der Waals surface area contributed by atoms with Crippen LogP contribution in [0.4, 0.5) is 0 Å². The van der Waals surface area contributed by atoms with Gasteiger partial charge in [0.05, 0.1) is 11.2 Å². The van der Waals surface area contributed by atoms with Crippen molar-refractivity contribution < 1.29 is 0 Å². The Hall–Kier alpha value is -2.29. The summed E-state index contributed by atoms with van der Waals surface area (Å²) in [6.45, 7) is 2.15. The first-order valence-electron chi connectivity index (χ1n) is 6.93. The minimum atomic E-state index is 0.946. The summed E-state index contributed by atoms with van der Waals surface area (Å²) in [5, 5.41) is 1.24. The van der Waals surface area contributed by atoms with Crippen LogP contribution in [0.3, 0.4) is 0 Å². The second-order valence-electron chi connectivity index (χ2n) is 5.00. The van der Waals surface area contributed by atoms with E-state index in [4.69, 9.17) is 4.98 Å². The lowest BCUT2D eigenvalue weighted by molar-refractivity contribution is 0.779. The number of benzene rings is 1. The second kappa shape index (κ2) is 5.78. The molecule has 0 radical (unpaired) electrons. The largest absolute Gasteiger partial charge is 0.261 e. The highest BCUT2D eigenvalue weighted by molar-refractivity contribution is 5.81. The fourth-order valence-electron chi connectivity index (χ4n) is 2.46. The normalized spacial score (nSPS) is 10.8. The first kappa shape index (κ1) is 12.7. The summed E-state index contributed by atoms with van der Waals surface area (Å²) in [7, 11) is 0. The van der Waals surface area contributed by atoms with E-state index in [2.05, 4.69) is 41.2 Å². The molecule has 0 saturated heterocycles.